The van der Waals surface area contributed by atoms with Gasteiger partial charge in [0.2, 0.25) is 11.8 Å². The molecule has 5 N–H and O–H groups in total. The van der Waals surface area contributed by atoms with Crippen LogP contribution in [0.3, 0.4) is 0 Å². The molecule has 2 amide bonds. The Morgan fingerprint density at radius 2 is 1.00 bits per heavy atom. The summed E-state index contributed by atoms with van der Waals surface area (Å²) < 4.78 is 0. The van der Waals surface area contributed by atoms with Crippen molar-refractivity contribution in [1.82, 2.24) is 5.32 Å². The van der Waals surface area contributed by atoms with Crippen LogP contribution >= 0.6 is 0 Å². The predicted molar refractivity (Wildman–Crippen MR) is 118 cm³/mol. The minimum Gasteiger partial charge on any atom is -0.370 e. The van der Waals surface area contributed by atoms with Gasteiger partial charge in [0.05, 0.1) is 0 Å². The molecular formula is C22H49N3O2. The number of carbonyl (C=O) groups excluding carboxylic acids is 2. The van der Waals surface area contributed by atoms with Crippen LogP contribution in [0.2, 0.25) is 0 Å². The third-order valence-corrected chi connectivity index (χ3v) is 5.13. The van der Waals surface area contributed by atoms with Gasteiger partial charge in [-0.05, 0) is 55.4 Å². The normalized spacial score (nSPS) is 10.9. The number of rotatable bonds is 10. The zero-order chi connectivity index (χ0) is 22.2. The standard InChI is InChI=1S/C11H23NO.C10H21NO.CH5N/c1-8(2)10(9(3)4)6-7-11(13)12-5;1-7(2)9(8(3)4)5-6-10(11)12;1-2/h8-10H,6-7H2,1-5H3,(H,12,13);7-9H,5-6H2,1-4H3,(H2,11,12);2H2,1H3. The molecule has 0 aliphatic carbocycles. The van der Waals surface area contributed by atoms with Crippen molar-refractivity contribution in [2.75, 3.05) is 14.1 Å². The van der Waals surface area contributed by atoms with Crippen molar-refractivity contribution < 1.29 is 9.59 Å². The Kier molecular flexibility index (Phi) is 20.7. The predicted octanol–water partition coefficient (Wildman–Crippen LogP) is 4.20. The second-order valence-corrected chi connectivity index (χ2v) is 8.52. The average molecular weight is 388 g/mol. The molecular weight excluding hydrogens is 338 g/mol. The Balaban J connectivity index is -0.000000391. The lowest BCUT2D eigenvalue weighted by atomic mass is 9.82. The molecule has 0 aromatic carbocycles. The number of nitrogens with one attached hydrogen (secondary N) is 1. The zero-order valence-corrected chi connectivity index (χ0v) is 19.8. The van der Waals surface area contributed by atoms with Gasteiger partial charge in [0.1, 0.15) is 0 Å². The van der Waals surface area contributed by atoms with Gasteiger partial charge in [-0.25, -0.2) is 0 Å². The molecule has 0 saturated heterocycles. The molecule has 0 aromatic rings. The first-order chi connectivity index (χ1) is 12.4. The van der Waals surface area contributed by atoms with E-state index >= 15 is 0 Å². The molecule has 0 saturated carbocycles. The summed E-state index contributed by atoms with van der Waals surface area (Å²) in [5.74, 6) is 3.89. The summed E-state index contributed by atoms with van der Waals surface area (Å²) in [6.45, 7) is 17.7. The van der Waals surface area contributed by atoms with E-state index in [2.05, 4.69) is 66.4 Å². The second kappa shape index (κ2) is 18.3. The van der Waals surface area contributed by atoms with E-state index in [1.165, 1.54) is 7.05 Å². The number of hydrogen-bond acceptors (Lipinski definition) is 3. The largest absolute Gasteiger partial charge is 0.370 e. The van der Waals surface area contributed by atoms with E-state index in [-0.39, 0.29) is 11.8 Å². The van der Waals surface area contributed by atoms with Gasteiger partial charge in [0.25, 0.3) is 0 Å². The van der Waals surface area contributed by atoms with E-state index in [9.17, 15) is 9.59 Å². The minimum absolute atomic E-state index is 0.159. The van der Waals surface area contributed by atoms with Crippen LogP contribution in [0.4, 0.5) is 0 Å². The highest BCUT2D eigenvalue weighted by atomic mass is 16.1. The average Bonchev–Trinajstić information content (AvgIpc) is 2.55. The summed E-state index contributed by atoms with van der Waals surface area (Å²) in [5.41, 5.74) is 9.60. The molecule has 5 heteroatoms. The number of carbonyl (C=O) groups is 2. The van der Waals surface area contributed by atoms with Crippen molar-refractivity contribution in [3.8, 4) is 0 Å². The third kappa shape index (κ3) is 18.0. The highest BCUT2D eigenvalue weighted by Crippen LogP contribution is 2.25. The molecule has 27 heavy (non-hydrogen) atoms. The van der Waals surface area contributed by atoms with Crippen LogP contribution in [0.15, 0.2) is 0 Å². The van der Waals surface area contributed by atoms with E-state index in [1.54, 1.807) is 7.05 Å². The summed E-state index contributed by atoms with van der Waals surface area (Å²) in [6, 6.07) is 0. The molecule has 0 bridgehead atoms. The zero-order valence-electron chi connectivity index (χ0n) is 19.8. The van der Waals surface area contributed by atoms with Gasteiger partial charge < -0.3 is 16.8 Å². The van der Waals surface area contributed by atoms with Crippen LogP contribution in [0.5, 0.6) is 0 Å². The number of primary amides is 1. The first kappa shape index (κ1) is 30.6. The van der Waals surface area contributed by atoms with Crippen LogP contribution in [0.1, 0.15) is 81.1 Å². The van der Waals surface area contributed by atoms with E-state index in [1.807, 2.05) is 0 Å². The van der Waals surface area contributed by atoms with Crippen LogP contribution < -0.4 is 16.8 Å². The van der Waals surface area contributed by atoms with Crippen molar-refractivity contribution in [3.05, 3.63) is 0 Å². The van der Waals surface area contributed by atoms with Gasteiger partial charge in [-0.1, -0.05) is 55.4 Å². The Morgan fingerprint density at radius 3 is 1.22 bits per heavy atom. The summed E-state index contributed by atoms with van der Waals surface area (Å²) in [5, 5.41) is 2.66. The molecule has 0 rings (SSSR count). The maximum atomic E-state index is 11.1. The molecule has 0 aromatic heterocycles. The summed E-state index contributed by atoms with van der Waals surface area (Å²) >= 11 is 0. The second-order valence-electron chi connectivity index (χ2n) is 8.52. The van der Waals surface area contributed by atoms with E-state index in [0.717, 1.165) is 12.8 Å². The van der Waals surface area contributed by atoms with Gasteiger partial charge in [0, 0.05) is 19.9 Å². The molecule has 0 aliphatic heterocycles. The van der Waals surface area contributed by atoms with Crippen molar-refractivity contribution >= 4 is 11.8 Å². The lowest BCUT2D eigenvalue weighted by Gasteiger charge is -2.24. The Bertz CT molecular complexity index is 351. The highest BCUT2D eigenvalue weighted by molar-refractivity contribution is 5.75. The maximum Gasteiger partial charge on any atom is 0.219 e. The monoisotopic (exact) mass is 387 g/mol. The first-order valence-electron chi connectivity index (χ1n) is 10.5. The number of hydrogen-bond donors (Lipinski definition) is 3. The van der Waals surface area contributed by atoms with Gasteiger partial charge in [0.15, 0.2) is 0 Å². The molecule has 0 radical (unpaired) electrons. The van der Waals surface area contributed by atoms with E-state index in [4.69, 9.17) is 5.73 Å². The van der Waals surface area contributed by atoms with Crippen LogP contribution in [-0.2, 0) is 9.59 Å². The highest BCUT2D eigenvalue weighted by Gasteiger charge is 2.18. The van der Waals surface area contributed by atoms with Crippen LogP contribution in [-0.4, -0.2) is 25.9 Å². The smallest absolute Gasteiger partial charge is 0.219 e. The van der Waals surface area contributed by atoms with E-state index < -0.39 is 0 Å². The maximum absolute atomic E-state index is 11.1. The minimum atomic E-state index is -0.179. The Labute approximate surface area is 169 Å². The molecule has 0 atom stereocenters. The fourth-order valence-corrected chi connectivity index (χ4v) is 3.60. The first-order valence-corrected chi connectivity index (χ1v) is 10.5. The molecule has 0 fully saturated rings. The molecule has 5 nitrogen and oxygen atoms in total. The van der Waals surface area contributed by atoms with Crippen molar-refractivity contribution in [2.24, 2.45) is 47.0 Å². The number of nitrogens with two attached hydrogens (primary N) is 2. The van der Waals surface area contributed by atoms with Crippen molar-refractivity contribution in [3.63, 3.8) is 0 Å². The third-order valence-electron chi connectivity index (χ3n) is 5.13. The molecule has 0 spiro atoms. The SMILES string of the molecule is CC(C)C(CCC(N)=O)C(C)C.CN.CNC(=O)CCC(C(C)C)C(C)C. The quantitative estimate of drug-likeness (QED) is 0.524. The Morgan fingerprint density at radius 1 is 0.704 bits per heavy atom. The molecule has 0 aliphatic rings. The summed E-state index contributed by atoms with van der Waals surface area (Å²) in [7, 11) is 3.20. The fourth-order valence-electron chi connectivity index (χ4n) is 3.60. The summed E-state index contributed by atoms with van der Waals surface area (Å²) in [4.78, 5) is 21.6. The van der Waals surface area contributed by atoms with Gasteiger partial charge >= 0.3 is 0 Å². The topological polar surface area (TPSA) is 98.2 Å². The van der Waals surface area contributed by atoms with E-state index in [0.29, 0.717) is 48.3 Å². The fraction of sp³-hybridized carbons (Fsp3) is 0.909. The van der Waals surface area contributed by atoms with Crippen LogP contribution in [0.25, 0.3) is 0 Å². The lowest BCUT2D eigenvalue weighted by molar-refractivity contribution is -0.121. The Hall–Kier alpha value is -1.10. The van der Waals surface area contributed by atoms with Gasteiger partial charge in [-0.15, -0.1) is 0 Å². The molecule has 0 unspecified atom stereocenters. The van der Waals surface area contributed by atoms with Crippen molar-refractivity contribution in [1.29, 1.82) is 0 Å². The molecule has 0 heterocycles. The van der Waals surface area contributed by atoms with Crippen LogP contribution in [0, 0.1) is 35.5 Å². The summed E-state index contributed by atoms with van der Waals surface area (Å²) in [6.07, 6.45) is 3.14. The van der Waals surface area contributed by atoms with Gasteiger partial charge in [-0.2, -0.15) is 0 Å². The van der Waals surface area contributed by atoms with Gasteiger partial charge in [-0.3, -0.25) is 9.59 Å². The molecule has 164 valence electrons. The van der Waals surface area contributed by atoms with Crippen molar-refractivity contribution in [2.45, 2.75) is 81.1 Å². The number of amides is 2. The lowest BCUT2D eigenvalue weighted by Crippen LogP contribution is -2.22.